The Hall–Kier alpha value is -3.11. The second-order valence-corrected chi connectivity index (χ2v) is 8.33. The maximum absolute atomic E-state index is 12.5. The number of carbonyl (C=O) groups excluding carboxylic acids is 2. The summed E-state index contributed by atoms with van der Waals surface area (Å²) in [4.78, 5) is 24.6. The first-order valence-electron chi connectivity index (χ1n) is 8.84. The van der Waals surface area contributed by atoms with E-state index in [0.29, 0.717) is 26.5 Å². The van der Waals surface area contributed by atoms with Gasteiger partial charge < -0.3 is 14.8 Å². The Morgan fingerprint density at radius 2 is 1.77 bits per heavy atom. The van der Waals surface area contributed by atoms with E-state index in [9.17, 15) is 9.59 Å². The number of nitrogens with zero attached hydrogens (tertiary/aromatic N) is 2. The van der Waals surface area contributed by atoms with Gasteiger partial charge >= 0.3 is 0 Å². The Morgan fingerprint density at radius 3 is 2.43 bits per heavy atom. The summed E-state index contributed by atoms with van der Waals surface area (Å²) >= 11 is 2.44. The molecule has 2 aromatic carbocycles. The molecular weight excluding hydrogens is 424 g/mol. The lowest BCUT2D eigenvalue weighted by Crippen LogP contribution is -2.13. The van der Waals surface area contributed by atoms with Crippen LogP contribution in [0.3, 0.4) is 0 Å². The minimum atomic E-state index is -0.364. The van der Waals surface area contributed by atoms with Crippen molar-refractivity contribution in [2.45, 2.75) is 11.3 Å². The van der Waals surface area contributed by atoms with E-state index in [0.717, 1.165) is 11.3 Å². The number of carbonyl (C=O) groups is 2. The lowest BCUT2D eigenvalue weighted by molar-refractivity contribution is -0.113. The van der Waals surface area contributed by atoms with Crippen LogP contribution in [0.4, 0.5) is 10.8 Å². The molecule has 3 aromatic rings. The molecule has 10 heteroatoms. The molecule has 0 aliphatic heterocycles. The third kappa shape index (κ3) is 5.94. The highest BCUT2D eigenvalue weighted by Crippen LogP contribution is 2.27. The first kappa shape index (κ1) is 21.6. The van der Waals surface area contributed by atoms with Gasteiger partial charge in [-0.3, -0.25) is 14.9 Å². The molecule has 1 aromatic heterocycles. The Kier molecular flexibility index (Phi) is 7.26. The molecule has 2 amide bonds. The Bertz CT molecular complexity index is 1030. The molecule has 0 spiro atoms. The van der Waals surface area contributed by atoms with Gasteiger partial charge in [0.05, 0.1) is 20.0 Å². The number of aryl methyl sites for hydroxylation is 1. The second kappa shape index (κ2) is 10.1. The fourth-order valence-electron chi connectivity index (χ4n) is 2.47. The van der Waals surface area contributed by atoms with Crippen LogP contribution in [0.1, 0.15) is 15.9 Å². The monoisotopic (exact) mass is 444 g/mol. The first-order valence-corrected chi connectivity index (χ1v) is 10.6. The molecule has 30 heavy (non-hydrogen) atoms. The van der Waals surface area contributed by atoms with E-state index in [1.807, 2.05) is 31.2 Å². The largest absolute Gasteiger partial charge is 0.497 e. The van der Waals surface area contributed by atoms with Crippen LogP contribution in [0.15, 0.2) is 46.8 Å². The summed E-state index contributed by atoms with van der Waals surface area (Å²) in [5.74, 6) is 0.691. The lowest BCUT2D eigenvalue weighted by Gasteiger charge is -2.07. The van der Waals surface area contributed by atoms with Crippen LogP contribution in [0, 0.1) is 6.92 Å². The van der Waals surface area contributed by atoms with Gasteiger partial charge in [0, 0.05) is 17.3 Å². The van der Waals surface area contributed by atoms with Crippen molar-refractivity contribution < 1.29 is 19.1 Å². The van der Waals surface area contributed by atoms with Crippen LogP contribution in [0.2, 0.25) is 0 Å². The van der Waals surface area contributed by atoms with Gasteiger partial charge in [-0.05, 0) is 36.8 Å². The fourth-order valence-corrected chi connectivity index (χ4v) is 4.02. The van der Waals surface area contributed by atoms with Gasteiger partial charge in [-0.2, -0.15) is 0 Å². The number of anilines is 2. The maximum Gasteiger partial charge on any atom is 0.257 e. The number of nitrogens with one attached hydrogen (secondary N) is 2. The number of hydrogen-bond donors (Lipinski definition) is 2. The van der Waals surface area contributed by atoms with Crippen LogP contribution >= 0.6 is 23.1 Å². The molecule has 3 rings (SSSR count). The molecule has 0 atom stereocenters. The topological polar surface area (TPSA) is 102 Å². The van der Waals surface area contributed by atoms with Crippen LogP contribution < -0.4 is 20.1 Å². The van der Waals surface area contributed by atoms with Gasteiger partial charge in [0.2, 0.25) is 11.0 Å². The van der Waals surface area contributed by atoms with E-state index in [4.69, 9.17) is 9.47 Å². The molecule has 0 saturated carbocycles. The SMILES string of the molecule is COc1cc(OC)cc(C(=O)Nc2nnc(SCC(=O)Nc3cccc(C)c3)s2)c1. The first-order chi connectivity index (χ1) is 14.5. The third-order valence-corrected chi connectivity index (χ3v) is 5.84. The molecule has 8 nitrogen and oxygen atoms in total. The molecule has 1 heterocycles. The van der Waals surface area contributed by atoms with Crippen molar-refractivity contribution >= 4 is 45.7 Å². The molecule has 2 N–H and O–H groups in total. The fraction of sp³-hybridized carbons (Fsp3) is 0.200. The van der Waals surface area contributed by atoms with E-state index in [-0.39, 0.29) is 17.6 Å². The van der Waals surface area contributed by atoms with Crippen molar-refractivity contribution in [2.75, 3.05) is 30.6 Å². The summed E-state index contributed by atoms with van der Waals surface area (Å²) in [6.45, 7) is 1.96. The molecule has 0 unspecified atom stereocenters. The third-order valence-electron chi connectivity index (χ3n) is 3.87. The molecule has 0 bridgehead atoms. The van der Waals surface area contributed by atoms with Crippen molar-refractivity contribution in [1.29, 1.82) is 0 Å². The van der Waals surface area contributed by atoms with E-state index in [2.05, 4.69) is 20.8 Å². The smallest absolute Gasteiger partial charge is 0.257 e. The van der Waals surface area contributed by atoms with Gasteiger partial charge in [-0.1, -0.05) is 35.2 Å². The lowest BCUT2D eigenvalue weighted by atomic mass is 10.2. The quantitative estimate of drug-likeness (QED) is 0.402. The molecule has 0 aliphatic carbocycles. The van der Waals surface area contributed by atoms with E-state index in [1.165, 1.54) is 37.3 Å². The van der Waals surface area contributed by atoms with E-state index >= 15 is 0 Å². The predicted molar refractivity (Wildman–Crippen MR) is 118 cm³/mol. The number of aromatic nitrogens is 2. The average molecular weight is 445 g/mol. The highest BCUT2D eigenvalue weighted by Gasteiger charge is 2.14. The Morgan fingerprint density at radius 1 is 1.03 bits per heavy atom. The Labute approximate surface area is 182 Å². The summed E-state index contributed by atoms with van der Waals surface area (Å²) in [6, 6.07) is 12.5. The minimum absolute atomic E-state index is 0.144. The van der Waals surface area contributed by atoms with Crippen LogP contribution in [-0.2, 0) is 4.79 Å². The zero-order valence-electron chi connectivity index (χ0n) is 16.6. The van der Waals surface area contributed by atoms with Gasteiger partial charge in [-0.25, -0.2) is 0 Å². The minimum Gasteiger partial charge on any atom is -0.497 e. The zero-order chi connectivity index (χ0) is 21.5. The normalized spacial score (nSPS) is 10.4. The molecule has 156 valence electrons. The number of hydrogen-bond acceptors (Lipinski definition) is 8. The van der Waals surface area contributed by atoms with E-state index < -0.39 is 0 Å². The van der Waals surface area contributed by atoms with Crippen LogP contribution in [0.25, 0.3) is 0 Å². The Balaban J connectivity index is 1.56. The second-order valence-electron chi connectivity index (χ2n) is 6.13. The standard InChI is InChI=1S/C20H20N4O4S2/c1-12-5-4-6-14(7-12)21-17(25)11-29-20-24-23-19(30-20)22-18(26)13-8-15(27-2)10-16(9-13)28-3/h4-10H,11H2,1-3H3,(H,21,25)(H,22,23,26). The number of benzene rings is 2. The predicted octanol–water partition coefficient (Wildman–Crippen LogP) is 3.85. The van der Waals surface area contributed by atoms with Crippen molar-refractivity contribution in [3.63, 3.8) is 0 Å². The molecule has 0 fully saturated rings. The van der Waals surface area contributed by atoms with Crippen LogP contribution in [0.5, 0.6) is 11.5 Å². The number of thioether (sulfide) groups is 1. The number of amides is 2. The number of methoxy groups -OCH3 is 2. The molecular formula is C20H20N4O4S2. The van der Waals surface area contributed by atoms with Crippen molar-refractivity contribution in [3.05, 3.63) is 53.6 Å². The highest BCUT2D eigenvalue weighted by molar-refractivity contribution is 8.01. The number of ether oxygens (including phenoxy) is 2. The molecule has 0 saturated heterocycles. The zero-order valence-corrected chi connectivity index (χ0v) is 18.2. The van der Waals surface area contributed by atoms with Crippen molar-refractivity contribution in [1.82, 2.24) is 10.2 Å². The molecule has 0 aliphatic rings. The summed E-state index contributed by atoms with van der Waals surface area (Å²) in [5, 5.41) is 13.8. The summed E-state index contributed by atoms with van der Waals surface area (Å²) in [7, 11) is 3.03. The van der Waals surface area contributed by atoms with Gasteiger partial charge in [-0.15, -0.1) is 10.2 Å². The van der Waals surface area contributed by atoms with Gasteiger partial charge in [0.15, 0.2) is 4.34 Å². The van der Waals surface area contributed by atoms with Gasteiger partial charge in [0.1, 0.15) is 11.5 Å². The molecule has 0 radical (unpaired) electrons. The summed E-state index contributed by atoms with van der Waals surface area (Å²) < 4.78 is 10.9. The van der Waals surface area contributed by atoms with Crippen molar-refractivity contribution in [3.8, 4) is 11.5 Å². The van der Waals surface area contributed by atoms with Gasteiger partial charge in [0.25, 0.3) is 5.91 Å². The highest BCUT2D eigenvalue weighted by atomic mass is 32.2. The van der Waals surface area contributed by atoms with Crippen molar-refractivity contribution in [2.24, 2.45) is 0 Å². The summed E-state index contributed by atoms with van der Waals surface area (Å²) in [5.41, 5.74) is 2.19. The van der Waals surface area contributed by atoms with Crippen LogP contribution in [-0.4, -0.2) is 42.0 Å². The number of rotatable bonds is 8. The van der Waals surface area contributed by atoms with E-state index in [1.54, 1.807) is 18.2 Å². The maximum atomic E-state index is 12.5. The average Bonchev–Trinajstić information content (AvgIpc) is 3.19. The summed E-state index contributed by atoms with van der Waals surface area (Å²) in [6.07, 6.45) is 0.